The molecule has 1 heterocycles. The van der Waals surface area contributed by atoms with Gasteiger partial charge in [0.05, 0.1) is 16.6 Å². The molecule has 4 nitrogen and oxygen atoms in total. The van der Waals surface area contributed by atoms with E-state index in [1.807, 2.05) is 80.6 Å². The SMILES string of the molecule is Cc1ccc([C@H]2C=C(c3ccc(Br)cc3)NN2S(=O)(=O)c2ccc(C)cc2)cc1. The third-order valence-electron chi connectivity index (χ3n) is 4.96. The molecule has 4 rings (SSSR count). The fourth-order valence-corrected chi connectivity index (χ4v) is 4.94. The van der Waals surface area contributed by atoms with E-state index in [1.165, 1.54) is 4.41 Å². The van der Waals surface area contributed by atoms with E-state index in [1.54, 1.807) is 12.1 Å². The Morgan fingerprint density at radius 1 is 0.828 bits per heavy atom. The smallest absolute Gasteiger partial charge is 0.260 e. The highest BCUT2D eigenvalue weighted by atomic mass is 79.9. The Kier molecular flexibility index (Phi) is 5.34. The van der Waals surface area contributed by atoms with Gasteiger partial charge in [-0.05, 0) is 55.3 Å². The Morgan fingerprint density at radius 2 is 1.38 bits per heavy atom. The standard InChI is InChI=1S/C23H21BrN2O2S/c1-16-3-7-19(8-4-16)23-15-22(18-9-11-20(24)12-10-18)25-26(23)29(27,28)21-13-5-17(2)6-14-21/h3-15,23,25H,1-2H3/t23-/m1/s1. The summed E-state index contributed by atoms with van der Waals surface area (Å²) in [6.07, 6.45) is 1.96. The minimum Gasteiger partial charge on any atom is -0.304 e. The maximum Gasteiger partial charge on any atom is 0.260 e. The molecule has 1 atom stereocenters. The zero-order valence-electron chi connectivity index (χ0n) is 16.1. The molecule has 148 valence electrons. The van der Waals surface area contributed by atoms with Crippen molar-refractivity contribution in [1.29, 1.82) is 0 Å². The Morgan fingerprint density at radius 3 is 1.97 bits per heavy atom. The fourth-order valence-electron chi connectivity index (χ4n) is 3.27. The van der Waals surface area contributed by atoms with Gasteiger partial charge in [0.25, 0.3) is 10.0 Å². The van der Waals surface area contributed by atoms with E-state index in [-0.39, 0.29) is 4.90 Å². The maximum absolute atomic E-state index is 13.4. The van der Waals surface area contributed by atoms with Crippen LogP contribution in [0.1, 0.15) is 28.3 Å². The number of hydrogen-bond donors (Lipinski definition) is 1. The highest BCUT2D eigenvalue weighted by Crippen LogP contribution is 2.35. The number of hydrazine groups is 1. The number of sulfonamides is 1. The summed E-state index contributed by atoms with van der Waals surface area (Å²) >= 11 is 3.44. The molecule has 3 aromatic carbocycles. The number of halogens is 1. The number of benzene rings is 3. The first-order valence-electron chi connectivity index (χ1n) is 9.27. The maximum atomic E-state index is 13.4. The van der Waals surface area contributed by atoms with Crippen molar-refractivity contribution in [2.24, 2.45) is 0 Å². The van der Waals surface area contributed by atoms with Gasteiger partial charge in [-0.15, -0.1) is 4.41 Å². The van der Waals surface area contributed by atoms with Crippen LogP contribution in [-0.2, 0) is 10.0 Å². The molecule has 0 fully saturated rings. The van der Waals surface area contributed by atoms with Gasteiger partial charge in [-0.1, -0.05) is 75.6 Å². The Balaban J connectivity index is 1.78. The van der Waals surface area contributed by atoms with Gasteiger partial charge in [-0.2, -0.15) is 0 Å². The van der Waals surface area contributed by atoms with Crippen LogP contribution in [-0.4, -0.2) is 12.8 Å². The van der Waals surface area contributed by atoms with Crippen LogP contribution in [0.5, 0.6) is 0 Å². The highest BCUT2D eigenvalue weighted by molar-refractivity contribution is 9.10. The monoisotopic (exact) mass is 468 g/mol. The molecule has 1 aliphatic heterocycles. The first-order valence-corrected chi connectivity index (χ1v) is 11.5. The number of nitrogens with zero attached hydrogens (tertiary/aromatic N) is 1. The summed E-state index contributed by atoms with van der Waals surface area (Å²) in [4.78, 5) is 0.262. The molecule has 6 heteroatoms. The van der Waals surface area contributed by atoms with Gasteiger partial charge >= 0.3 is 0 Å². The van der Waals surface area contributed by atoms with Crippen LogP contribution in [0.3, 0.4) is 0 Å². The second kappa shape index (κ2) is 7.78. The van der Waals surface area contributed by atoms with Gasteiger partial charge in [-0.3, -0.25) is 0 Å². The van der Waals surface area contributed by atoms with Crippen LogP contribution >= 0.6 is 15.9 Å². The molecule has 0 aliphatic carbocycles. The Bertz CT molecular complexity index is 1150. The molecule has 0 aromatic heterocycles. The van der Waals surface area contributed by atoms with E-state index in [0.717, 1.165) is 32.4 Å². The van der Waals surface area contributed by atoms with Gasteiger partial charge in [0, 0.05) is 4.47 Å². The molecule has 1 N–H and O–H groups in total. The van der Waals surface area contributed by atoms with Gasteiger partial charge in [0.15, 0.2) is 0 Å². The molecular weight excluding hydrogens is 448 g/mol. The minimum atomic E-state index is -3.75. The third-order valence-corrected chi connectivity index (χ3v) is 7.19. The summed E-state index contributed by atoms with van der Waals surface area (Å²) in [6, 6.07) is 22.2. The lowest BCUT2D eigenvalue weighted by molar-refractivity contribution is 0.348. The van der Waals surface area contributed by atoms with Crippen molar-refractivity contribution in [2.45, 2.75) is 24.8 Å². The first kappa shape index (κ1) is 19.9. The van der Waals surface area contributed by atoms with Crippen molar-refractivity contribution in [2.75, 3.05) is 0 Å². The first-order chi connectivity index (χ1) is 13.8. The largest absolute Gasteiger partial charge is 0.304 e. The molecule has 1 aliphatic rings. The van der Waals surface area contributed by atoms with Crippen LogP contribution in [0, 0.1) is 13.8 Å². The summed E-state index contributed by atoms with van der Waals surface area (Å²) in [6.45, 7) is 3.95. The van der Waals surface area contributed by atoms with Gasteiger partial charge < -0.3 is 5.43 Å². The molecule has 0 saturated carbocycles. The van der Waals surface area contributed by atoms with E-state index in [4.69, 9.17) is 0 Å². The Labute approximate surface area is 180 Å². The normalized spacial score (nSPS) is 17.1. The number of rotatable bonds is 4. The van der Waals surface area contributed by atoms with E-state index in [9.17, 15) is 8.42 Å². The highest BCUT2D eigenvalue weighted by Gasteiger charge is 2.36. The van der Waals surface area contributed by atoms with Crippen LogP contribution in [0.25, 0.3) is 5.70 Å². The van der Waals surface area contributed by atoms with Gasteiger partial charge in [0.2, 0.25) is 0 Å². The van der Waals surface area contributed by atoms with Crippen molar-refractivity contribution >= 4 is 31.7 Å². The Hall–Kier alpha value is -2.41. The van der Waals surface area contributed by atoms with E-state index < -0.39 is 16.1 Å². The lowest BCUT2D eigenvalue weighted by Gasteiger charge is -2.25. The summed E-state index contributed by atoms with van der Waals surface area (Å²) in [5.41, 5.74) is 7.87. The van der Waals surface area contributed by atoms with E-state index in [0.29, 0.717) is 0 Å². The topological polar surface area (TPSA) is 49.4 Å². The second-order valence-electron chi connectivity index (χ2n) is 7.17. The van der Waals surface area contributed by atoms with Crippen molar-refractivity contribution in [3.8, 4) is 0 Å². The summed E-state index contributed by atoms with van der Waals surface area (Å²) in [7, 11) is -3.75. The molecule has 0 bridgehead atoms. The lowest BCUT2D eigenvalue weighted by atomic mass is 10.0. The van der Waals surface area contributed by atoms with Gasteiger partial charge in [0.1, 0.15) is 0 Å². The van der Waals surface area contributed by atoms with Gasteiger partial charge in [-0.25, -0.2) is 8.42 Å². The molecule has 0 unspecified atom stereocenters. The average Bonchev–Trinajstić information content (AvgIpc) is 3.16. The molecule has 0 amide bonds. The quantitative estimate of drug-likeness (QED) is 0.560. The van der Waals surface area contributed by atoms with Crippen molar-refractivity contribution in [3.05, 3.63) is 106 Å². The summed E-state index contributed by atoms with van der Waals surface area (Å²) < 4.78 is 29.2. The number of nitrogens with one attached hydrogen (secondary N) is 1. The van der Waals surface area contributed by atoms with Crippen LogP contribution < -0.4 is 5.43 Å². The zero-order chi connectivity index (χ0) is 20.6. The third kappa shape index (κ3) is 4.01. The predicted octanol–water partition coefficient (Wildman–Crippen LogP) is 5.36. The molecule has 0 radical (unpaired) electrons. The zero-order valence-corrected chi connectivity index (χ0v) is 18.5. The lowest BCUT2D eigenvalue weighted by Crippen LogP contribution is -2.39. The second-order valence-corrected chi connectivity index (χ2v) is 9.90. The summed E-state index contributed by atoms with van der Waals surface area (Å²) in [5, 5.41) is 0. The fraction of sp³-hybridized carbons (Fsp3) is 0.130. The molecule has 0 saturated heterocycles. The average molecular weight is 469 g/mol. The number of aryl methyl sites for hydroxylation is 2. The van der Waals surface area contributed by atoms with E-state index in [2.05, 4.69) is 21.4 Å². The minimum absolute atomic E-state index is 0.262. The van der Waals surface area contributed by atoms with Crippen molar-refractivity contribution in [3.63, 3.8) is 0 Å². The van der Waals surface area contributed by atoms with Crippen LogP contribution in [0.4, 0.5) is 0 Å². The molecule has 29 heavy (non-hydrogen) atoms. The van der Waals surface area contributed by atoms with Crippen LogP contribution in [0.15, 0.2) is 88.2 Å². The summed E-state index contributed by atoms with van der Waals surface area (Å²) in [5.74, 6) is 0. The number of hydrogen-bond acceptors (Lipinski definition) is 3. The molecular formula is C23H21BrN2O2S. The van der Waals surface area contributed by atoms with Crippen LogP contribution in [0.2, 0.25) is 0 Å². The predicted molar refractivity (Wildman–Crippen MR) is 119 cm³/mol. The van der Waals surface area contributed by atoms with Crippen molar-refractivity contribution < 1.29 is 8.42 Å². The molecule has 3 aromatic rings. The van der Waals surface area contributed by atoms with E-state index >= 15 is 0 Å². The molecule has 0 spiro atoms. The van der Waals surface area contributed by atoms with Crippen molar-refractivity contribution in [1.82, 2.24) is 9.84 Å².